The van der Waals surface area contributed by atoms with E-state index in [1.807, 2.05) is 25.1 Å². The first-order chi connectivity index (χ1) is 17.5. The third-order valence-corrected chi connectivity index (χ3v) is 7.44. The number of aldehydes is 1. The molecule has 36 heavy (non-hydrogen) atoms. The van der Waals surface area contributed by atoms with Crippen molar-refractivity contribution < 1.29 is 19.1 Å². The smallest absolute Gasteiger partial charge is 0.309 e. The fraction of sp³-hybridized carbons (Fsp3) is 0.429. The fourth-order valence-electron chi connectivity index (χ4n) is 5.07. The van der Waals surface area contributed by atoms with Crippen LogP contribution in [0.4, 0.5) is 0 Å². The van der Waals surface area contributed by atoms with Crippen LogP contribution in [0.5, 0.6) is 6.01 Å². The number of ether oxygens (including phenoxy) is 2. The standard InChI is InChI=1S/C28H30ClN3O4/c1-2-35-27(34)21-11-7-19(8-12-21)18-5-9-20(10-6-18)25-23(29)15-24-26(31-25)32-28(30-24)36-22-13-3-17(16-33)4-14-22/h5-7,9-10,15-17,21-22H,2-4,8,11-14H2,1H3,(H,30,31,32)/t17-,21?,22-. The molecule has 0 amide bonds. The second-order valence-electron chi connectivity index (χ2n) is 9.55. The number of hydrogen-bond donors (Lipinski definition) is 1. The number of carbonyl (C=O) groups is 2. The highest BCUT2D eigenvalue weighted by Gasteiger charge is 2.24. The van der Waals surface area contributed by atoms with Crippen LogP contribution in [0.15, 0.2) is 36.4 Å². The van der Waals surface area contributed by atoms with E-state index in [4.69, 9.17) is 26.1 Å². The van der Waals surface area contributed by atoms with E-state index in [-0.39, 0.29) is 23.9 Å². The van der Waals surface area contributed by atoms with Gasteiger partial charge in [0, 0.05) is 11.5 Å². The first kappa shape index (κ1) is 24.5. The van der Waals surface area contributed by atoms with Crippen LogP contribution in [0, 0.1) is 11.8 Å². The van der Waals surface area contributed by atoms with Gasteiger partial charge in [-0.1, -0.05) is 41.9 Å². The van der Waals surface area contributed by atoms with Crippen LogP contribution in [0.3, 0.4) is 0 Å². The molecule has 1 saturated carbocycles. The van der Waals surface area contributed by atoms with Gasteiger partial charge >= 0.3 is 5.97 Å². The SMILES string of the molecule is CCOC(=O)C1CC=C(c2ccc(-c3nc4nc(O[C@H]5CC[C@H](C=O)CC5)[nH]c4cc3Cl)cc2)CC1. The van der Waals surface area contributed by atoms with Gasteiger partial charge in [-0.05, 0) is 69.1 Å². The summed E-state index contributed by atoms with van der Waals surface area (Å²) in [5, 5.41) is 0.533. The van der Waals surface area contributed by atoms with Crippen molar-refractivity contribution in [3.05, 3.63) is 47.0 Å². The van der Waals surface area contributed by atoms with Crippen molar-refractivity contribution in [2.75, 3.05) is 6.61 Å². The minimum atomic E-state index is -0.101. The van der Waals surface area contributed by atoms with Gasteiger partial charge in [0.1, 0.15) is 12.4 Å². The summed E-state index contributed by atoms with van der Waals surface area (Å²) in [7, 11) is 0. The normalized spacial score (nSPS) is 22.2. The summed E-state index contributed by atoms with van der Waals surface area (Å²) in [4.78, 5) is 35.4. The molecule has 2 aliphatic rings. The van der Waals surface area contributed by atoms with Crippen molar-refractivity contribution in [2.45, 2.75) is 58.0 Å². The lowest BCUT2D eigenvalue weighted by Crippen LogP contribution is -2.25. The molecule has 0 bridgehead atoms. The molecule has 5 rings (SSSR count). The first-order valence-electron chi connectivity index (χ1n) is 12.7. The molecule has 188 valence electrons. The van der Waals surface area contributed by atoms with Gasteiger partial charge in [0.2, 0.25) is 0 Å². The molecule has 2 heterocycles. The molecule has 3 aromatic rings. The average molecular weight is 508 g/mol. The van der Waals surface area contributed by atoms with E-state index in [0.29, 0.717) is 35.4 Å². The molecule has 1 fully saturated rings. The molecule has 7 nitrogen and oxygen atoms in total. The average Bonchev–Trinajstić information content (AvgIpc) is 3.30. The lowest BCUT2D eigenvalue weighted by molar-refractivity contribution is -0.148. The summed E-state index contributed by atoms with van der Waals surface area (Å²) in [6.45, 7) is 2.26. The Kier molecular flexibility index (Phi) is 7.37. The van der Waals surface area contributed by atoms with E-state index in [0.717, 1.165) is 61.5 Å². The minimum absolute atomic E-state index is 0.0446. The maximum Gasteiger partial charge on any atom is 0.309 e. The minimum Gasteiger partial charge on any atom is -0.466 e. The van der Waals surface area contributed by atoms with Gasteiger partial charge in [0.15, 0.2) is 5.65 Å². The maximum atomic E-state index is 12.0. The Hall–Kier alpha value is -3.19. The Morgan fingerprint density at radius 2 is 1.86 bits per heavy atom. The van der Waals surface area contributed by atoms with E-state index >= 15 is 0 Å². The highest BCUT2D eigenvalue weighted by atomic mass is 35.5. The number of imidazole rings is 1. The number of allylic oxidation sites excluding steroid dienone is 2. The topological polar surface area (TPSA) is 94.2 Å². The quantitative estimate of drug-likeness (QED) is 0.304. The van der Waals surface area contributed by atoms with Crippen molar-refractivity contribution in [3.63, 3.8) is 0 Å². The van der Waals surface area contributed by atoms with Gasteiger partial charge in [-0.2, -0.15) is 4.98 Å². The molecule has 0 aliphatic heterocycles. The molecule has 1 N–H and O–H groups in total. The van der Waals surface area contributed by atoms with Crippen molar-refractivity contribution in [1.29, 1.82) is 0 Å². The van der Waals surface area contributed by atoms with Crippen molar-refractivity contribution >= 4 is 40.6 Å². The number of nitrogens with one attached hydrogen (secondary N) is 1. The largest absolute Gasteiger partial charge is 0.466 e. The molecular formula is C28H30ClN3O4. The predicted molar refractivity (Wildman–Crippen MR) is 139 cm³/mol. The van der Waals surface area contributed by atoms with Crippen molar-refractivity contribution in [1.82, 2.24) is 15.0 Å². The zero-order chi connectivity index (χ0) is 25.1. The Morgan fingerprint density at radius 1 is 1.11 bits per heavy atom. The van der Waals surface area contributed by atoms with E-state index in [1.54, 1.807) is 0 Å². The third-order valence-electron chi connectivity index (χ3n) is 7.15. The van der Waals surface area contributed by atoms with Crippen molar-refractivity contribution in [3.8, 4) is 17.3 Å². The molecule has 1 atom stereocenters. The zero-order valence-corrected chi connectivity index (χ0v) is 21.1. The van der Waals surface area contributed by atoms with Crippen LogP contribution in [0.1, 0.15) is 57.4 Å². The van der Waals surface area contributed by atoms with Gasteiger partial charge in [-0.25, -0.2) is 4.98 Å². The fourth-order valence-corrected chi connectivity index (χ4v) is 5.33. The summed E-state index contributed by atoms with van der Waals surface area (Å²) < 4.78 is 11.2. The number of fused-ring (bicyclic) bond motifs is 1. The summed E-state index contributed by atoms with van der Waals surface area (Å²) in [5.41, 5.74) is 5.23. The van der Waals surface area contributed by atoms with Crippen LogP contribution in [0.2, 0.25) is 5.02 Å². The number of benzene rings is 1. The van der Waals surface area contributed by atoms with E-state index < -0.39 is 0 Å². The second-order valence-corrected chi connectivity index (χ2v) is 9.96. The Labute approximate surface area is 215 Å². The number of pyridine rings is 1. The highest BCUT2D eigenvalue weighted by molar-refractivity contribution is 6.33. The first-order valence-corrected chi connectivity index (χ1v) is 13.1. The summed E-state index contributed by atoms with van der Waals surface area (Å²) >= 11 is 6.59. The summed E-state index contributed by atoms with van der Waals surface area (Å²) in [5.74, 6) is -0.000814. The summed E-state index contributed by atoms with van der Waals surface area (Å²) in [6.07, 6.45) is 8.98. The van der Waals surface area contributed by atoms with Crippen LogP contribution in [-0.2, 0) is 14.3 Å². The molecule has 0 saturated heterocycles. The molecular weight excluding hydrogens is 478 g/mol. The zero-order valence-electron chi connectivity index (χ0n) is 20.3. The molecule has 2 aromatic heterocycles. The maximum absolute atomic E-state index is 12.0. The molecule has 0 radical (unpaired) electrons. The number of aromatic amines is 1. The number of H-pyrrole nitrogens is 1. The van der Waals surface area contributed by atoms with Gasteiger partial charge in [-0.3, -0.25) is 4.79 Å². The number of aromatic nitrogens is 3. The third kappa shape index (κ3) is 5.31. The molecule has 0 spiro atoms. The number of rotatable bonds is 7. The van der Waals surface area contributed by atoms with Crippen LogP contribution >= 0.6 is 11.6 Å². The Bertz CT molecular complexity index is 1280. The number of nitrogens with zero attached hydrogens (tertiary/aromatic N) is 2. The van der Waals surface area contributed by atoms with Crippen molar-refractivity contribution in [2.24, 2.45) is 11.8 Å². The summed E-state index contributed by atoms with van der Waals surface area (Å²) in [6, 6.07) is 10.4. The van der Waals surface area contributed by atoms with Gasteiger partial charge in [0.05, 0.1) is 28.8 Å². The van der Waals surface area contributed by atoms with Crippen LogP contribution < -0.4 is 4.74 Å². The van der Waals surface area contributed by atoms with Crippen LogP contribution in [-0.4, -0.2) is 39.9 Å². The molecule has 8 heteroatoms. The number of hydrogen-bond acceptors (Lipinski definition) is 6. The van der Waals surface area contributed by atoms with Gasteiger partial charge < -0.3 is 19.3 Å². The van der Waals surface area contributed by atoms with Crippen LogP contribution in [0.25, 0.3) is 28.0 Å². The molecule has 1 aromatic carbocycles. The monoisotopic (exact) mass is 507 g/mol. The number of halogens is 1. The number of carbonyl (C=O) groups excluding carboxylic acids is 2. The van der Waals surface area contributed by atoms with E-state index in [9.17, 15) is 9.59 Å². The molecule has 2 aliphatic carbocycles. The predicted octanol–water partition coefficient (Wildman–Crippen LogP) is 6.16. The lowest BCUT2D eigenvalue weighted by Gasteiger charge is -2.24. The highest BCUT2D eigenvalue weighted by Crippen LogP contribution is 2.34. The van der Waals surface area contributed by atoms with Gasteiger partial charge in [-0.15, -0.1) is 0 Å². The second kappa shape index (κ2) is 10.8. The number of esters is 1. The Morgan fingerprint density at radius 3 is 2.53 bits per heavy atom. The lowest BCUT2D eigenvalue weighted by atomic mass is 9.86. The van der Waals surface area contributed by atoms with Gasteiger partial charge in [0.25, 0.3) is 6.01 Å². The van der Waals surface area contributed by atoms with E-state index in [1.165, 1.54) is 5.57 Å². The van der Waals surface area contributed by atoms with E-state index in [2.05, 4.69) is 28.2 Å². The molecule has 1 unspecified atom stereocenters. The Balaban J connectivity index is 1.29.